The van der Waals surface area contributed by atoms with Crippen molar-refractivity contribution in [1.82, 2.24) is 4.68 Å². The molecule has 1 aromatic carbocycles. The summed E-state index contributed by atoms with van der Waals surface area (Å²) in [6, 6.07) is 10.5. The molecule has 5 heteroatoms. The van der Waals surface area contributed by atoms with E-state index in [0.29, 0.717) is 5.56 Å². The van der Waals surface area contributed by atoms with Crippen molar-refractivity contribution in [3.63, 3.8) is 0 Å². The molecule has 0 spiro atoms. The Hall–Kier alpha value is -2.14. The summed E-state index contributed by atoms with van der Waals surface area (Å²) in [5.41, 5.74) is 0.596. The van der Waals surface area contributed by atoms with Crippen molar-refractivity contribution in [3.8, 4) is 5.75 Å². The Balaban J connectivity index is 2.22. The highest BCUT2D eigenvalue weighted by Crippen LogP contribution is 2.12. The number of carbonyl (C=O) groups excluding carboxylic acids is 1. The van der Waals surface area contributed by atoms with Crippen LogP contribution in [-0.4, -0.2) is 24.7 Å². The highest BCUT2D eigenvalue weighted by molar-refractivity contribution is 7.71. The lowest BCUT2D eigenvalue weighted by molar-refractivity contribution is 0.0967. The number of aromatic nitrogens is 1. The molecule has 0 bridgehead atoms. The number of methoxy groups -OCH3 is 1. The van der Waals surface area contributed by atoms with Gasteiger partial charge in [-0.2, -0.15) is 0 Å². The molecule has 0 aliphatic carbocycles. The Morgan fingerprint density at radius 1 is 1.16 bits per heavy atom. The molecule has 0 fully saturated rings. The van der Waals surface area contributed by atoms with E-state index < -0.39 is 0 Å². The molecule has 0 aliphatic heterocycles. The van der Waals surface area contributed by atoms with Crippen molar-refractivity contribution in [2.75, 3.05) is 19.2 Å². The Morgan fingerprint density at radius 3 is 2.26 bits per heavy atom. The summed E-state index contributed by atoms with van der Waals surface area (Å²) < 4.78 is 7.49. The molecule has 0 N–H and O–H groups in total. The van der Waals surface area contributed by atoms with Crippen LogP contribution in [0, 0.1) is 4.51 Å². The molecule has 4 nitrogen and oxygen atoms in total. The number of carbonyl (C=O) groups is 1. The van der Waals surface area contributed by atoms with E-state index in [-0.39, 0.29) is 5.91 Å². The summed E-state index contributed by atoms with van der Waals surface area (Å²) in [7, 11) is 3.30. The molecule has 0 radical (unpaired) electrons. The molecule has 0 aliphatic rings. The van der Waals surface area contributed by atoms with Gasteiger partial charge in [0, 0.05) is 29.5 Å². The lowest BCUT2D eigenvalue weighted by Gasteiger charge is -2.20. The zero-order chi connectivity index (χ0) is 13.8. The van der Waals surface area contributed by atoms with Gasteiger partial charge in [0.25, 0.3) is 5.91 Å². The number of benzene rings is 1. The second-order valence-corrected chi connectivity index (χ2v) is 4.44. The van der Waals surface area contributed by atoms with Crippen molar-refractivity contribution in [1.29, 1.82) is 0 Å². The van der Waals surface area contributed by atoms with Crippen LogP contribution in [0.25, 0.3) is 0 Å². The Kier molecular flexibility index (Phi) is 3.97. The first-order valence-electron chi connectivity index (χ1n) is 5.72. The van der Waals surface area contributed by atoms with Crippen LogP contribution in [0.1, 0.15) is 10.4 Å². The normalized spacial score (nSPS) is 10.0. The molecular weight excluding hydrogens is 260 g/mol. The van der Waals surface area contributed by atoms with Crippen molar-refractivity contribution in [3.05, 3.63) is 58.9 Å². The average molecular weight is 274 g/mol. The largest absolute Gasteiger partial charge is 0.497 e. The lowest BCUT2D eigenvalue weighted by Crippen LogP contribution is -2.36. The van der Waals surface area contributed by atoms with E-state index in [1.54, 1.807) is 67.6 Å². The Bertz CT molecular complexity index is 614. The van der Waals surface area contributed by atoms with Gasteiger partial charge in [-0.25, -0.2) is 5.01 Å². The fraction of sp³-hybridized carbons (Fsp3) is 0.143. The van der Waals surface area contributed by atoms with Gasteiger partial charge in [0.05, 0.1) is 7.11 Å². The highest BCUT2D eigenvalue weighted by Gasteiger charge is 2.12. The molecule has 0 atom stereocenters. The molecule has 2 rings (SSSR count). The standard InChI is InChI=1S/C14H14N2O2S/c1-15(16-9-7-13(19)8-10-16)14(17)11-3-5-12(18-2)6-4-11/h3-10H,1-2H3. The van der Waals surface area contributed by atoms with Gasteiger partial charge in [0.2, 0.25) is 0 Å². The first kappa shape index (κ1) is 13.3. The SMILES string of the molecule is COc1ccc(C(=O)N(C)n2ccc(=S)cc2)cc1. The van der Waals surface area contributed by atoms with Crippen LogP contribution >= 0.6 is 12.2 Å². The fourth-order valence-corrected chi connectivity index (χ4v) is 1.75. The third kappa shape index (κ3) is 3.00. The minimum atomic E-state index is -0.107. The smallest absolute Gasteiger partial charge is 0.272 e. The van der Waals surface area contributed by atoms with Crippen molar-refractivity contribution in [2.24, 2.45) is 0 Å². The molecule has 0 saturated heterocycles. The van der Waals surface area contributed by atoms with E-state index in [2.05, 4.69) is 0 Å². The van der Waals surface area contributed by atoms with E-state index in [0.717, 1.165) is 10.3 Å². The van der Waals surface area contributed by atoms with Crippen LogP contribution < -0.4 is 9.75 Å². The first-order valence-corrected chi connectivity index (χ1v) is 6.13. The number of rotatable bonds is 3. The number of amides is 1. The van der Waals surface area contributed by atoms with Crippen LogP contribution in [0.3, 0.4) is 0 Å². The predicted molar refractivity (Wildman–Crippen MR) is 76.7 cm³/mol. The molecule has 1 heterocycles. The maximum absolute atomic E-state index is 12.3. The minimum absolute atomic E-state index is 0.107. The van der Waals surface area contributed by atoms with E-state index in [1.165, 1.54) is 5.01 Å². The second-order valence-electron chi connectivity index (χ2n) is 3.97. The maximum Gasteiger partial charge on any atom is 0.272 e. The summed E-state index contributed by atoms with van der Waals surface area (Å²) in [5, 5.41) is 1.51. The van der Waals surface area contributed by atoms with Gasteiger partial charge < -0.3 is 4.74 Å². The summed E-state index contributed by atoms with van der Waals surface area (Å²) in [6.45, 7) is 0. The van der Waals surface area contributed by atoms with Crippen LogP contribution in [0.15, 0.2) is 48.8 Å². The highest BCUT2D eigenvalue weighted by atomic mass is 32.1. The average Bonchev–Trinajstić information content (AvgIpc) is 2.46. The van der Waals surface area contributed by atoms with E-state index in [1.807, 2.05) is 0 Å². The summed E-state index contributed by atoms with van der Waals surface area (Å²) in [4.78, 5) is 12.3. The Labute approximate surface area is 116 Å². The van der Waals surface area contributed by atoms with Crippen LogP contribution in [0.4, 0.5) is 0 Å². The zero-order valence-electron chi connectivity index (χ0n) is 10.7. The minimum Gasteiger partial charge on any atom is -0.497 e. The van der Waals surface area contributed by atoms with Crippen molar-refractivity contribution >= 4 is 18.1 Å². The quantitative estimate of drug-likeness (QED) is 0.807. The van der Waals surface area contributed by atoms with Crippen LogP contribution in [0.2, 0.25) is 0 Å². The van der Waals surface area contributed by atoms with Gasteiger partial charge in [0.1, 0.15) is 5.75 Å². The van der Waals surface area contributed by atoms with E-state index in [4.69, 9.17) is 17.0 Å². The number of nitrogens with zero attached hydrogens (tertiary/aromatic N) is 2. The third-order valence-corrected chi connectivity index (χ3v) is 3.03. The third-order valence-electron chi connectivity index (χ3n) is 2.76. The Morgan fingerprint density at radius 2 is 1.74 bits per heavy atom. The molecule has 98 valence electrons. The summed E-state index contributed by atoms with van der Waals surface area (Å²) >= 11 is 5.01. The van der Waals surface area contributed by atoms with E-state index >= 15 is 0 Å². The number of ether oxygens (including phenoxy) is 1. The van der Waals surface area contributed by atoms with Gasteiger partial charge in [-0.15, -0.1) is 0 Å². The number of pyridine rings is 1. The summed E-state index contributed by atoms with van der Waals surface area (Å²) in [6.07, 6.45) is 3.51. The van der Waals surface area contributed by atoms with E-state index in [9.17, 15) is 4.79 Å². The van der Waals surface area contributed by atoms with Crippen molar-refractivity contribution in [2.45, 2.75) is 0 Å². The van der Waals surface area contributed by atoms with Gasteiger partial charge in [-0.05, 0) is 36.4 Å². The van der Waals surface area contributed by atoms with Crippen LogP contribution in [-0.2, 0) is 0 Å². The van der Waals surface area contributed by atoms with Gasteiger partial charge >= 0.3 is 0 Å². The molecular formula is C14H14N2O2S. The molecule has 1 amide bonds. The number of hydrogen-bond acceptors (Lipinski definition) is 3. The monoisotopic (exact) mass is 274 g/mol. The van der Waals surface area contributed by atoms with Gasteiger partial charge in [0.15, 0.2) is 0 Å². The van der Waals surface area contributed by atoms with Gasteiger partial charge in [-0.3, -0.25) is 9.47 Å². The lowest BCUT2D eigenvalue weighted by atomic mass is 10.2. The van der Waals surface area contributed by atoms with Crippen molar-refractivity contribution < 1.29 is 9.53 Å². The molecule has 1 aromatic heterocycles. The predicted octanol–water partition coefficient (Wildman–Crippen LogP) is 2.63. The van der Waals surface area contributed by atoms with Gasteiger partial charge in [-0.1, -0.05) is 12.2 Å². The maximum atomic E-state index is 12.3. The fourth-order valence-electron chi connectivity index (χ4n) is 1.63. The number of hydrogen-bond donors (Lipinski definition) is 0. The molecule has 19 heavy (non-hydrogen) atoms. The molecule has 0 saturated carbocycles. The second kappa shape index (κ2) is 5.67. The molecule has 0 unspecified atom stereocenters. The van der Waals surface area contributed by atoms with Crippen LogP contribution in [0.5, 0.6) is 5.75 Å². The first-order chi connectivity index (χ1) is 9.11. The zero-order valence-corrected chi connectivity index (χ0v) is 11.6. The molecule has 2 aromatic rings. The summed E-state index contributed by atoms with van der Waals surface area (Å²) in [5.74, 6) is 0.618. The topological polar surface area (TPSA) is 34.5 Å².